The minimum Gasteiger partial charge on any atom is -0.312 e. The van der Waals surface area contributed by atoms with Crippen LogP contribution in [0.3, 0.4) is 0 Å². The van der Waals surface area contributed by atoms with Crippen molar-refractivity contribution in [2.75, 3.05) is 6.54 Å². The smallest absolute Gasteiger partial charge is 0.132 e. The van der Waals surface area contributed by atoms with E-state index in [1.165, 1.54) is 6.07 Å². The maximum atomic E-state index is 14.1. The molecule has 1 aliphatic rings. The summed E-state index contributed by atoms with van der Waals surface area (Å²) in [7, 11) is 0. The van der Waals surface area contributed by atoms with Crippen molar-refractivity contribution in [3.8, 4) is 17.3 Å². The van der Waals surface area contributed by atoms with Gasteiger partial charge in [0.1, 0.15) is 11.5 Å². The molecule has 108 valence electrons. The lowest BCUT2D eigenvalue weighted by Crippen LogP contribution is -2.25. The minimum absolute atomic E-state index is 0.281. The lowest BCUT2D eigenvalue weighted by Gasteiger charge is -2.15. The molecular formula is C15H14BrFN4. The Hall–Kier alpha value is -1.71. The molecule has 0 amide bonds. The number of hydrogen-bond acceptors (Lipinski definition) is 3. The van der Waals surface area contributed by atoms with Gasteiger partial charge < -0.3 is 5.32 Å². The predicted molar refractivity (Wildman–Crippen MR) is 81.0 cm³/mol. The van der Waals surface area contributed by atoms with Gasteiger partial charge in [0.15, 0.2) is 0 Å². The molecule has 4 nitrogen and oxygen atoms in total. The molecule has 1 aromatic carbocycles. The fraction of sp³-hybridized carbons (Fsp3) is 0.333. The molecule has 2 heterocycles. The quantitative estimate of drug-likeness (QED) is 0.927. The molecule has 1 aromatic heterocycles. The fourth-order valence-electron chi connectivity index (χ4n) is 2.66. The highest BCUT2D eigenvalue weighted by atomic mass is 79.9. The van der Waals surface area contributed by atoms with Crippen LogP contribution in [0.5, 0.6) is 0 Å². The molecule has 0 unspecified atom stereocenters. The van der Waals surface area contributed by atoms with Gasteiger partial charge in [-0.05, 0) is 18.2 Å². The molecule has 1 N–H and O–H groups in total. The first-order valence-corrected chi connectivity index (χ1v) is 7.61. The van der Waals surface area contributed by atoms with Gasteiger partial charge in [0.05, 0.1) is 19.0 Å². The number of nitrogens with zero attached hydrogens (tertiary/aromatic N) is 3. The number of nitrogens with one attached hydrogen (secondary N) is 1. The molecule has 0 spiro atoms. The van der Waals surface area contributed by atoms with Crippen LogP contribution in [-0.2, 0) is 19.5 Å². The van der Waals surface area contributed by atoms with E-state index in [2.05, 4.69) is 32.4 Å². The van der Waals surface area contributed by atoms with Gasteiger partial charge >= 0.3 is 0 Å². The summed E-state index contributed by atoms with van der Waals surface area (Å²) in [6.07, 6.45) is 1.26. The third-order valence-corrected chi connectivity index (χ3v) is 4.12. The number of rotatable bonds is 3. The van der Waals surface area contributed by atoms with Crippen molar-refractivity contribution in [2.45, 2.75) is 25.9 Å². The van der Waals surface area contributed by atoms with E-state index in [4.69, 9.17) is 5.26 Å². The number of aromatic nitrogens is 2. The topological polar surface area (TPSA) is 53.6 Å². The molecular weight excluding hydrogens is 335 g/mol. The monoisotopic (exact) mass is 348 g/mol. The van der Waals surface area contributed by atoms with E-state index >= 15 is 0 Å². The third kappa shape index (κ3) is 2.71. The summed E-state index contributed by atoms with van der Waals surface area (Å²) in [5.41, 5.74) is 3.32. The highest BCUT2D eigenvalue weighted by Gasteiger charge is 2.23. The largest absolute Gasteiger partial charge is 0.312 e. The van der Waals surface area contributed by atoms with Crippen LogP contribution in [0.4, 0.5) is 4.39 Å². The Morgan fingerprint density at radius 2 is 2.33 bits per heavy atom. The standard InChI is InChI=1S/C15H14BrFN4/c16-10-2-3-13(17)11(8-10)15-12-9-19-6-4-14(12)21(20-15)7-1-5-18/h2-3,8,19H,1,4,6-7,9H2. The van der Waals surface area contributed by atoms with Crippen LogP contribution in [0, 0.1) is 17.1 Å². The van der Waals surface area contributed by atoms with Crippen LogP contribution in [0.25, 0.3) is 11.3 Å². The summed E-state index contributed by atoms with van der Waals surface area (Å²) in [5.74, 6) is -0.281. The highest BCUT2D eigenvalue weighted by Crippen LogP contribution is 2.31. The van der Waals surface area contributed by atoms with Gasteiger partial charge in [-0.3, -0.25) is 4.68 Å². The summed E-state index contributed by atoms with van der Waals surface area (Å²) >= 11 is 3.38. The Bertz CT molecular complexity index is 717. The molecule has 0 bridgehead atoms. The van der Waals surface area contributed by atoms with Crippen molar-refractivity contribution >= 4 is 15.9 Å². The third-order valence-electron chi connectivity index (χ3n) is 3.63. The first-order valence-electron chi connectivity index (χ1n) is 6.82. The molecule has 0 saturated heterocycles. The maximum Gasteiger partial charge on any atom is 0.132 e. The molecule has 0 radical (unpaired) electrons. The van der Waals surface area contributed by atoms with Crippen LogP contribution in [0.1, 0.15) is 17.7 Å². The van der Waals surface area contributed by atoms with Crippen LogP contribution < -0.4 is 5.32 Å². The van der Waals surface area contributed by atoms with E-state index in [0.717, 1.165) is 28.7 Å². The second-order valence-electron chi connectivity index (χ2n) is 4.96. The molecule has 0 fully saturated rings. The van der Waals surface area contributed by atoms with Gasteiger partial charge in [-0.1, -0.05) is 15.9 Å². The van der Waals surface area contributed by atoms with Gasteiger partial charge in [0, 0.05) is 40.8 Å². The maximum absolute atomic E-state index is 14.1. The van der Waals surface area contributed by atoms with Crippen LogP contribution in [0.15, 0.2) is 22.7 Å². The first-order chi connectivity index (χ1) is 10.2. The zero-order valence-corrected chi connectivity index (χ0v) is 13.0. The molecule has 0 atom stereocenters. The van der Waals surface area contributed by atoms with Crippen molar-refractivity contribution in [3.63, 3.8) is 0 Å². The number of fused-ring (bicyclic) bond motifs is 1. The molecule has 3 rings (SSSR count). The van der Waals surface area contributed by atoms with Crippen molar-refractivity contribution < 1.29 is 4.39 Å². The zero-order valence-electron chi connectivity index (χ0n) is 11.4. The summed E-state index contributed by atoms with van der Waals surface area (Å²) in [4.78, 5) is 0. The minimum atomic E-state index is -0.281. The Kier molecular flexibility index (Phi) is 4.04. The van der Waals surface area contributed by atoms with Gasteiger partial charge in [-0.25, -0.2) is 4.39 Å². The summed E-state index contributed by atoms with van der Waals surface area (Å²) in [6, 6.07) is 7.00. The highest BCUT2D eigenvalue weighted by molar-refractivity contribution is 9.10. The van der Waals surface area contributed by atoms with Crippen LogP contribution >= 0.6 is 15.9 Å². The van der Waals surface area contributed by atoms with E-state index in [0.29, 0.717) is 30.8 Å². The number of benzene rings is 1. The second kappa shape index (κ2) is 5.96. The number of halogens is 2. The SMILES string of the molecule is N#CCCn1nc(-c2cc(Br)ccc2F)c2c1CCNC2. The van der Waals surface area contributed by atoms with E-state index in [9.17, 15) is 4.39 Å². The Labute approximate surface area is 130 Å². The fourth-order valence-corrected chi connectivity index (χ4v) is 3.02. The van der Waals surface area contributed by atoms with Gasteiger partial charge in [-0.2, -0.15) is 10.4 Å². The lowest BCUT2D eigenvalue weighted by molar-refractivity contribution is 0.557. The lowest BCUT2D eigenvalue weighted by atomic mass is 10.0. The van der Waals surface area contributed by atoms with E-state index in [-0.39, 0.29) is 5.82 Å². The molecule has 21 heavy (non-hydrogen) atoms. The van der Waals surface area contributed by atoms with E-state index in [1.54, 1.807) is 12.1 Å². The van der Waals surface area contributed by atoms with E-state index < -0.39 is 0 Å². The normalized spacial score (nSPS) is 13.8. The second-order valence-corrected chi connectivity index (χ2v) is 5.87. The average Bonchev–Trinajstić information content (AvgIpc) is 2.86. The van der Waals surface area contributed by atoms with Crippen LogP contribution in [0.2, 0.25) is 0 Å². The van der Waals surface area contributed by atoms with Crippen molar-refractivity contribution in [1.29, 1.82) is 5.26 Å². The zero-order chi connectivity index (χ0) is 14.8. The van der Waals surface area contributed by atoms with E-state index in [1.807, 2.05) is 4.68 Å². The Morgan fingerprint density at radius 1 is 1.48 bits per heavy atom. The van der Waals surface area contributed by atoms with Crippen molar-refractivity contribution in [1.82, 2.24) is 15.1 Å². The number of hydrogen-bond donors (Lipinski definition) is 1. The number of aryl methyl sites for hydroxylation is 1. The molecule has 2 aromatic rings. The van der Waals surface area contributed by atoms with Gasteiger partial charge in [0.2, 0.25) is 0 Å². The van der Waals surface area contributed by atoms with Gasteiger partial charge in [0.25, 0.3) is 0 Å². The van der Waals surface area contributed by atoms with Crippen molar-refractivity contribution in [3.05, 3.63) is 39.7 Å². The first kappa shape index (κ1) is 14.2. The summed E-state index contributed by atoms with van der Waals surface area (Å²) < 4.78 is 16.8. The number of nitriles is 1. The molecule has 1 aliphatic heterocycles. The van der Waals surface area contributed by atoms with Gasteiger partial charge in [-0.15, -0.1) is 0 Å². The summed E-state index contributed by atoms with van der Waals surface area (Å²) in [6.45, 7) is 2.11. The molecule has 0 saturated carbocycles. The molecule has 0 aliphatic carbocycles. The van der Waals surface area contributed by atoms with Crippen molar-refractivity contribution in [2.24, 2.45) is 0 Å². The summed E-state index contributed by atoms with van der Waals surface area (Å²) in [5, 5.41) is 16.6. The van der Waals surface area contributed by atoms with Crippen LogP contribution in [-0.4, -0.2) is 16.3 Å². The predicted octanol–water partition coefficient (Wildman–Crippen LogP) is 3.01. The Morgan fingerprint density at radius 3 is 3.14 bits per heavy atom. The average molecular weight is 349 g/mol. The Balaban J connectivity index is 2.12. The molecule has 6 heteroatoms.